The van der Waals surface area contributed by atoms with Crippen LogP contribution in [0.1, 0.15) is 30.0 Å². The molecule has 0 saturated heterocycles. The zero-order chi connectivity index (χ0) is 18.5. The zero-order valence-corrected chi connectivity index (χ0v) is 14.1. The number of amides is 1. The number of hydrogen-bond acceptors (Lipinski definition) is 1. The summed E-state index contributed by atoms with van der Waals surface area (Å²) in [4.78, 5) is 18.4. The topological polar surface area (TPSA) is 32.7 Å². The van der Waals surface area contributed by atoms with E-state index in [0.717, 1.165) is 29.7 Å². The minimum atomic E-state index is -4.42. The molecule has 0 aromatic heterocycles. The van der Waals surface area contributed by atoms with Gasteiger partial charge in [0.05, 0.1) is 12.1 Å². The number of anilines is 1. The Balaban J connectivity index is 1.76. The SMILES string of the molecule is C[C@@H]1C[C@@H]1C(=O)N=C1c2ccccc2CN1c1cccc(C(F)(F)F)c1. The van der Waals surface area contributed by atoms with Crippen molar-refractivity contribution in [3.63, 3.8) is 0 Å². The van der Waals surface area contributed by atoms with E-state index in [1.54, 1.807) is 11.0 Å². The van der Waals surface area contributed by atoms with Crippen molar-refractivity contribution in [2.24, 2.45) is 16.8 Å². The monoisotopic (exact) mass is 358 g/mol. The third kappa shape index (κ3) is 3.00. The Kier molecular flexibility index (Phi) is 3.86. The molecule has 0 bridgehead atoms. The molecule has 26 heavy (non-hydrogen) atoms. The van der Waals surface area contributed by atoms with Crippen molar-refractivity contribution in [1.82, 2.24) is 0 Å². The fourth-order valence-corrected chi connectivity index (χ4v) is 3.30. The van der Waals surface area contributed by atoms with Crippen LogP contribution in [0, 0.1) is 11.8 Å². The van der Waals surface area contributed by atoms with Crippen molar-refractivity contribution in [2.75, 3.05) is 4.90 Å². The molecule has 0 N–H and O–H groups in total. The number of carbonyl (C=O) groups excluding carboxylic acids is 1. The maximum Gasteiger partial charge on any atom is 0.416 e. The number of nitrogens with zero attached hydrogens (tertiary/aromatic N) is 2. The summed E-state index contributed by atoms with van der Waals surface area (Å²) in [6.45, 7) is 2.39. The minimum absolute atomic E-state index is 0.0707. The van der Waals surface area contributed by atoms with Gasteiger partial charge in [-0.3, -0.25) is 4.79 Å². The van der Waals surface area contributed by atoms with Gasteiger partial charge in [0, 0.05) is 17.2 Å². The van der Waals surface area contributed by atoms with E-state index in [0.29, 0.717) is 24.0 Å². The van der Waals surface area contributed by atoms with Gasteiger partial charge in [-0.25, -0.2) is 0 Å². The second kappa shape index (κ2) is 5.97. The Labute approximate surface area is 149 Å². The second-order valence-corrected chi connectivity index (χ2v) is 6.88. The predicted molar refractivity (Wildman–Crippen MR) is 92.9 cm³/mol. The summed E-state index contributed by atoms with van der Waals surface area (Å²) in [6, 6.07) is 12.6. The highest BCUT2D eigenvalue weighted by atomic mass is 19.4. The first-order valence-electron chi connectivity index (χ1n) is 8.50. The number of halogens is 3. The van der Waals surface area contributed by atoms with Crippen LogP contribution in [-0.2, 0) is 17.5 Å². The van der Waals surface area contributed by atoms with Gasteiger partial charge in [-0.05, 0) is 36.1 Å². The van der Waals surface area contributed by atoms with Gasteiger partial charge in [-0.1, -0.05) is 37.3 Å². The molecule has 134 valence electrons. The van der Waals surface area contributed by atoms with E-state index < -0.39 is 11.7 Å². The van der Waals surface area contributed by atoms with E-state index >= 15 is 0 Å². The van der Waals surface area contributed by atoms with Crippen molar-refractivity contribution in [3.8, 4) is 0 Å². The third-order valence-corrected chi connectivity index (χ3v) is 4.97. The predicted octanol–water partition coefficient (Wildman–Crippen LogP) is 4.65. The molecular formula is C20H17F3N2O. The molecule has 0 unspecified atom stereocenters. The smallest absolute Gasteiger partial charge is 0.321 e. The molecule has 0 spiro atoms. The van der Waals surface area contributed by atoms with E-state index in [1.165, 1.54) is 6.07 Å². The molecule has 1 saturated carbocycles. The molecule has 1 amide bonds. The molecule has 1 fully saturated rings. The van der Waals surface area contributed by atoms with Crippen LogP contribution in [0.25, 0.3) is 0 Å². The number of benzene rings is 2. The Hall–Kier alpha value is -2.63. The lowest BCUT2D eigenvalue weighted by molar-refractivity contribution is -0.137. The quantitative estimate of drug-likeness (QED) is 0.782. The zero-order valence-electron chi connectivity index (χ0n) is 14.1. The first-order valence-corrected chi connectivity index (χ1v) is 8.50. The minimum Gasteiger partial charge on any atom is -0.321 e. The van der Waals surface area contributed by atoms with Gasteiger partial charge in [0.1, 0.15) is 5.84 Å². The highest BCUT2D eigenvalue weighted by Gasteiger charge is 2.40. The lowest BCUT2D eigenvalue weighted by Crippen LogP contribution is -2.26. The van der Waals surface area contributed by atoms with Crippen molar-refractivity contribution in [3.05, 3.63) is 65.2 Å². The molecule has 2 aliphatic rings. The van der Waals surface area contributed by atoms with E-state index in [4.69, 9.17) is 0 Å². The van der Waals surface area contributed by atoms with Crippen LogP contribution in [0.15, 0.2) is 53.5 Å². The lowest BCUT2D eigenvalue weighted by atomic mass is 10.1. The first kappa shape index (κ1) is 16.8. The molecule has 2 atom stereocenters. The molecule has 1 aliphatic heterocycles. The third-order valence-electron chi connectivity index (χ3n) is 4.97. The van der Waals surface area contributed by atoms with Gasteiger partial charge in [0.15, 0.2) is 0 Å². The highest BCUT2D eigenvalue weighted by Crippen LogP contribution is 2.40. The average molecular weight is 358 g/mol. The normalized spacial score (nSPS) is 23.2. The summed E-state index contributed by atoms with van der Waals surface area (Å²) in [5.74, 6) is 0.495. The number of alkyl halides is 3. The molecule has 1 aliphatic carbocycles. The number of fused-ring (bicyclic) bond motifs is 1. The van der Waals surface area contributed by atoms with Crippen molar-refractivity contribution in [1.29, 1.82) is 0 Å². The van der Waals surface area contributed by atoms with E-state index in [1.807, 2.05) is 31.2 Å². The fourth-order valence-electron chi connectivity index (χ4n) is 3.30. The summed E-state index contributed by atoms with van der Waals surface area (Å²) in [5.41, 5.74) is 1.41. The molecule has 2 aromatic rings. The first-order chi connectivity index (χ1) is 12.3. The maximum atomic E-state index is 13.1. The Morgan fingerprint density at radius 1 is 1.15 bits per heavy atom. The van der Waals surface area contributed by atoms with Crippen LogP contribution in [0.2, 0.25) is 0 Å². The van der Waals surface area contributed by atoms with Crippen molar-refractivity contribution in [2.45, 2.75) is 26.1 Å². The summed E-state index contributed by atoms with van der Waals surface area (Å²) >= 11 is 0. The number of hydrogen-bond donors (Lipinski definition) is 0. The van der Waals surface area contributed by atoms with Crippen LogP contribution in [0.3, 0.4) is 0 Å². The van der Waals surface area contributed by atoms with Crippen LogP contribution in [-0.4, -0.2) is 11.7 Å². The van der Waals surface area contributed by atoms with E-state index in [9.17, 15) is 18.0 Å². The Bertz CT molecular complexity index is 904. The average Bonchev–Trinajstić information content (AvgIpc) is 3.24. The van der Waals surface area contributed by atoms with Gasteiger partial charge in [0.2, 0.25) is 0 Å². The summed E-state index contributed by atoms with van der Waals surface area (Å²) in [6.07, 6.45) is -3.60. The Morgan fingerprint density at radius 3 is 2.58 bits per heavy atom. The largest absolute Gasteiger partial charge is 0.416 e. The lowest BCUT2D eigenvalue weighted by Gasteiger charge is -2.20. The second-order valence-electron chi connectivity index (χ2n) is 6.88. The number of amidine groups is 1. The van der Waals surface area contributed by atoms with Gasteiger partial charge in [-0.15, -0.1) is 0 Å². The van der Waals surface area contributed by atoms with Gasteiger partial charge < -0.3 is 4.90 Å². The Morgan fingerprint density at radius 2 is 1.88 bits per heavy atom. The summed E-state index contributed by atoms with van der Waals surface area (Å²) < 4.78 is 39.2. The molecule has 3 nitrogen and oxygen atoms in total. The summed E-state index contributed by atoms with van der Waals surface area (Å²) in [7, 11) is 0. The van der Waals surface area contributed by atoms with E-state index in [2.05, 4.69) is 4.99 Å². The fraction of sp³-hybridized carbons (Fsp3) is 0.300. The molecular weight excluding hydrogens is 341 g/mol. The van der Waals surface area contributed by atoms with Crippen molar-refractivity contribution >= 4 is 17.4 Å². The standard InChI is InChI=1S/C20H17F3N2O/c1-12-9-17(12)19(26)24-18-16-8-3-2-5-13(16)11-25(18)15-7-4-6-14(10-15)20(21,22)23/h2-8,10,12,17H,9,11H2,1H3/t12-,17+/m1/s1. The highest BCUT2D eigenvalue weighted by molar-refractivity contribution is 6.17. The summed E-state index contributed by atoms with van der Waals surface area (Å²) in [5, 5.41) is 0. The molecule has 1 heterocycles. The van der Waals surface area contributed by atoms with Gasteiger partial charge >= 0.3 is 6.18 Å². The van der Waals surface area contributed by atoms with Gasteiger partial charge in [-0.2, -0.15) is 18.2 Å². The maximum absolute atomic E-state index is 13.1. The van der Waals surface area contributed by atoms with Crippen LogP contribution < -0.4 is 4.90 Å². The van der Waals surface area contributed by atoms with Gasteiger partial charge in [0.25, 0.3) is 5.91 Å². The molecule has 4 rings (SSSR count). The van der Waals surface area contributed by atoms with Crippen LogP contribution >= 0.6 is 0 Å². The number of carbonyl (C=O) groups is 1. The van der Waals surface area contributed by atoms with Crippen molar-refractivity contribution < 1.29 is 18.0 Å². The number of rotatable bonds is 2. The molecule has 0 radical (unpaired) electrons. The van der Waals surface area contributed by atoms with Crippen LogP contribution in [0.4, 0.5) is 18.9 Å². The number of aliphatic imine (C=N–C) groups is 1. The van der Waals surface area contributed by atoms with Crippen LogP contribution in [0.5, 0.6) is 0 Å². The molecule has 2 aromatic carbocycles. The van der Waals surface area contributed by atoms with E-state index in [-0.39, 0.29) is 11.8 Å². The molecule has 6 heteroatoms.